The van der Waals surface area contributed by atoms with E-state index in [1.54, 1.807) is 13.2 Å². The first-order valence-electron chi connectivity index (χ1n) is 5.82. The summed E-state index contributed by atoms with van der Waals surface area (Å²) in [6.45, 7) is 1.76. The lowest BCUT2D eigenvalue weighted by Crippen LogP contribution is -2.00. The average molecular weight is 278 g/mol. The molecule has 0 fully saturated rings. The summed E-state index contributed by atoms with van der Waals surface area (Å²) in [6, 6.07) is 11.0. The molecule has 100 valence electrons. The second-order valence-corrected chi connectivity index (χ2v) is 5.29. The summed E-state index contributed by atoms with van der Waals surface area (Å²) in [6.07, 6.45) is 3.11. The minimum atomic E-state index is -3.58. The zero-order valence-corrected chi connectivity index (χ0v) is 11.3. The normalized spacial score (nSPS) is 12.1. The van der Waals surface area contributed by atoms with Crippen LogP contribution in [0.15, 0.2) is 52.5 Å². The van der Waals surface area contributed by atoms with Crippen molar-refractivity contribution in [3.8, 4) is 11.3 Å². The molecule has 2 rings (SSSR count). The molecule has 5 heteroatoms. The molecule has 1 aromatic carbocycles. The fourth-order valence-electron chi connectivity index (χ4n) is 1.57. The Bertz CT molecular complexity index is 637. The van der Waals surface area contributed by atoms with Gasteiger partial charge >= 0.3 is 0 Å². The fourth-order valence-corrected chi connectivity index (χ4v) is 2.30. The molecule has 2 aromatic rings. The topological polar surface area (TPSA) is 56.5 Å². The van der Waals surface area contributed by atoms with E-state index in [1.807, 2.05) is 36.4 Å². The molecule has 0 unspecified atom stereocenters. The van der Waals surface area contributed by atoms with Gasteiger partial charge in [-0.25, -0.2) is 0 Å². The zero-order chi connectivity index (χ0) is 13.7. The van der Waals surface area contributed by atoms with Gasteiger partial charge in [0.05, 0.1) is 18.3 Å². The monoisotopic (exact) mass is 278 g/mol. The van der Waals surface area contributed by atoms with E-state index in [0.717, 1.165) is 22.3 Å². The quantitative estimate of drug-likeness (QED) is 0.787. The van der Waals surface area contributed by atoms with Crippen LogP contribution in [0, 0.1) is 0 Å². The van der Waals surface area contributed by atoms with Crippen molar-refractivity contribution in [1.29, 1.82) is 0 Å². The van der Waals surface area contributed by atoms with Crippen molar-refractivity contribution in [2.45, 2.75) is 6.92 Å². The van der Waals surface area contributed by atoms with E-state index in [9.17, 15) is 8.42 Å². The van der Waals surface area contributed by atoms with Crippen LogP contribution in [0.2, 0.25) is 0 Å². The van der Waals surface area contributed by atoms with Gasteiger partial charge in [-0.3, -0.25) is 4.18 Å². The predicted molar refractivity (Wildman–Crippen MR) is 73.7 cm³/mol. The Morgan fingerprint density at radius 3 is 2.53 bits per heavy atom. The molecule has 0 amide bonds. The summed E-state index contributed by atoms with van der Waals surface area (Å²) in [4.78, 5) is 0. The van der Waals surface area contributed by atoms with E-state index in [-0.39, 0.29) is 6.61 Å². The molecule has 0 aliphatic rings. The summed E-state index contributed by atoms with van der Waals surface area (Å²) >= 11 is 0. The predicted octanol–water partition coefficient (Wildman–Crippen LogP) is 3.28. The van der Waals surface area contributed by atoms with Gasteiger partial charge in [0.15, 0.2) is 0 Å². The number of furan rings is 1. The van der Waals surface area contributed by atoms with Crippen molar-refractivity contribution in [2.24, 2.45) is 0 Å². The molecule has 0 N–H and O–H groups in total. The first-order chi connectivity index (χ1) is 9.11. The van der Waals surface area contributed by atoms with Crippen molar-refractivity contribution in [3.63, 3.8) is 0 Å². The Hall–Kier alpha value is -1.85. The van der Waals surface area contributed by atoms with Gasteiger partial charge in [-0.05, 0) is 30.7 Å². The van der Waals surface area contributed by atoms with Gasteiger partial charge in [-0.15, -0.1) is 0 Å². The average Bonchev–Trinajstić information content (AvgIpc) is 2.91. The number of hydrogen-bond acceptors (Lipinski definition) is 4. The second-order valence-electron chi connectivity index (χ2n) is 3.80. The van der Waals surface area contributed by atoms with E-state index >= 15 is 0 Å². The first kappa shape index (κ1) is 13.6. The largest absolute Gasteiger partial charge is 0.464 e. The third-order valence-corrected chi connectivity index (χ3v) is 3.46. The molecule has 0 bridgehead atoms. The van der Waals surface area contributed by atoms with Gasteiger partial charge in [0.1, 0.15) is 5.76 Å². The first-order valence-corrected chi connectivity index (χ1v) is 7.29. The van der Waals surface area contributed by atoms with Gasteiger partial charge in [0, 0.05) is 5.56 Å². The summed E-state index contributed by atoms with van der Waals surface area (Å²) in [5.41, 5.74) is 1.72. The van der Waals surface area contributed by atoms with Crippen LogP contribution in [-0.2, 0) is 14.3 Å². The van der Waals surface area contributed by atoms with Crippen molar-refractivity contribution in [3.05, 3.63) is 53.6 Å². The molecule has 0 aliphatic carbocycles. The number of benzene rings is 1. The molecular weight excluding hydrogens is 264 g/mol. The maximum absolute atomic E-state index is 11.3. The smallest absolute Gasteiger partial charge is 0.290 e. The summed E-state index contributed by atoms with van der Waals surface area (Å²) in [7, 11) is -3.58. The van der Waals surface area contributed by atoms with Gasteiger partial charge in [-0.2, -0.15) is 8.42 Å². The second kappa shape index (κ2) is 5.86. The molecule has 0 aliphatic heterocycles. The van der Waals surface area contributed by atoms with E-state index in [1.165, 1.54) is 6.08 Å². The van der Waals surface area contributed by atoms with Gasteiger partial charge < -0.3 is 4.42 Å². The molecule has 0 radical (unpaired) electrons. The Morgan fingerprint density at radius 1 is 1.21 bits per heavy atom. The highest BCUT2D eigenvalue weighted by Gasteiger charge is 2.04. The van der Waals surface area contributed by atoms with Crippen LogP contribution in [0.4, 0.5) is 0 Å². The van der Waals surface area contributed by atoms with Crippen LogP contribution in [0.1, 0.15) is 12.5 Å². The lowest BCUT2D eigenvalue weighted by molar-refractivity contribution is 0.345. The Kier molecular flexibility index (Phi) is 4.19. The highest BCUT2D eigenvalue weighted by atomic mass is 32.2. The van der Waals surface area contributed by atoms with Crippen LogP contribution >= 0.6 is 0 Å². The maximum atomic E-state index is 11.3. The van der Waals surface area contributed by atoms with Crippen LogP contribution in [0.25, 0.3) is 17.4 Å². The van der Waals surface area contributed by atoms with Crippen molar-refractivity contribution < 1.29 is 17.0 Å². The van der Waals surface area contributed by atoms with Crippen molar-refractivity contribution >= 4 is 16.2 Å². The highest BCUT2D eigenvalue weighted by molar-refractivity contribution is 7.89. The van der Waals surface area contributed by atoms with Crippen LogP contribution in [0.3, 0.4) is 0 Å². The minimum absolute atomic E-state index is 0.129. The van der Waals surface area contributed by atoms with E-state index < -0.39 is 10.1 Å². The molecule has 1 heterocycles. The van der Waals surface area contributed by atoms with Crippen LogP contribution in [0.5, 0.6) is 0 Å². The molecule has 0 saturated heterocycles. The van der Waals surface area contributed by atoms with Crippen molar-refractivity contribution in [2.75, 3.05) is 6.61 Å². The van der Waals surface area contributed by atoms with E-state index in [2.05, 4.69) is 4.18 Å². The van der Waals surface area contributed by atoms with Crippen LogP contribution in [-0.4, -0.2) is 15.0 Å². The van der Waals surface area contributed by atoms with E-state index in [4.69, 9.17) is 4.42 Å². The number of hydrogen-bond donors (Lipinski definition) is 0. The zero-order valence-electron chi connectivity index (χ0n) is 10.4. The molecule has 1 aromatic heterocycles. The Labute approximate surface area is 112 Å². The standard InChI is InChI=1S/C14H14O4S/c1-2-18-19(15,16)11-9-12-5-7-13(8-6-12)14-4-3-10-17-14/h3-11H,2H2,1H3/b11-9+. The third kappa shape index (κ3) is 3.81. The SMILES string of the molecule is CCOS(=O)(=O)/C=C/c1ccc(-c2ccco2)cc1. The molecule has 0 spiro atoms. The van der Waals surface area contributed by atoms with Crippen LogP contribution < -0.4 is 0 Å². The lowest BCUT2D eigenvalue weighted by atomic mass is 10.1. The van der Waals surface area contributed by atoms with Gasteiger partial charge in [0.2, 0.25) is 0 Å². The maximum Gasteiger partial charge on any atom is 0.290 e. The molecule has 4 nitrogen and oxygen atoms in total. The summed E-state index contributed by atoms with van der Waals surface area (Å²) in [5.74, 6) is 0.775. The summed E-state index contributed by atoms with van der Waals surface area (Å²) < 4.78 is 32.5. The fraction of sp³-hybridized carbons (Fsp3) is 0.143. The van der Waals surface area contributed by atoms with Crippen molar-refractivity contribution in [1.82, 2.24) is 0 Å². The van der Waals surface area contributed by atoms with E-state index in [0.29, 0.717) is 0 Å². The van der Waals surface area contributed by atoms with Gasteiger partial charge in [-0.1, -0.05) is 24.3 Å². The Morgan fingerprint density at radius 2 is 1.95 bits per heavy atom. The summed E-state index contributed by atoms with van der Waals surface area (Å²) in [5, 5.41) is 1.05. The third-order valence-electron chi connectivity index (χ3n) is 2.43. The molecular formula is C14H14O4S. The molecule has 19 heavy (non-hydrogen) atoms. The lowest BCUT2D eigenvalue weighted by Gasteiger charge is -1.99. The molecule has 0 atom stereocenters. The minimum Gasteiger partial charge on any atom is -0.464 e. The highest BCUT2D eigenvalue weighted by Crippen LogP contribution is 2.20. The number of rotatable bonds is 5. The molecule has 0 saturated carbocycles. The Balaban J connectivity index is 2.14. The van der Waals surface area contributed by atoms with Gasteiger partial charge in [0.25, 0.3) is 10.1 Å².